The zero-order chi connectivity index (χ0) is 14.7. The third-order valence-electron chi connectivity index (χ3n) is 4.09. The molecule has 1 aromatic carbocycles. The van der Waals surface area contributed by atoms with Crippen molar-refractivity contribution in [2.45, 2.75) is 19.0 Å². The minimum absolute atomic E-state index is 0.196. The Morgan fingerprint density at radius 1 is 1.30 bits per heavy atom. The number of aliphatic hydroxyl groups is 1. The number of hydrogen-bond donors (Lipinski definition) is 1. The minimum Gasteiger partial charge on any atom is -0.396 e. The number of halogens is 2. The molecule has 1 saturated heterocycles. The minimum atomic E-state index is -0.807. The second-order valence-corrected chi connectivity index (χ2v) is 5.75. The van der Waals surface area contributed by atoms with E-state index in [1.54, 1.807) is 6.07 Å². The predicted octanol–water partition coefficient (Wildman–Crippen LogP) is 1.71. The molecule has 0 amide bonds. The van der Waals surface area contributed by atoms with E-state index in [0.717, 1.165) is 25.1 Å². The average Bonchev–Trinajstić information content (AvgIpc) is 2.43. The SMILES string of the molecule is CN(C)[C@@H]1CN(Cc2ccc(F)c(F)c2)CC[C@@H]1CO. The van der Waals surface area contributed by atoms with Gasteiger partial charge in [0.25, 0.3) is 0 Å². The lowest BCUT2D eigenvalue weighted by Crippen LogP contribution is -2.51. The first-order chi connectivity index (χ1) is 9.51. The van der Waals surface area contributed by atoms with Gasteiger partial charge in [-0.3, -0.25) is 4.90 Å². The fourth-order valence-corrected chi connectivity index (χ4v) is 2.88. The largest absolute Gasteiger partial charge is 0.396 e. The van der Waals surface area contributed by atoms with Crippen molar-refractivity contribution >= 4 is 0 Å². The quantitative estimate of drug-likeness (QED) is 0.912. The molecular formula is C15H22F2N2O. The molecule has 0 radical (unpaired) electrons. The molecule has 1 aliphatic rings. The van der Waals surface area contributed by atoms with Crippen LogP contribution in [-0.2, 0) is 6.54 Å². The maximum atomic E-state index is 13.2. The Bertz CT molecular complexity index is 453. The van der Waals surface area contributed by atoms with Crippen molar-refractivity contribution in [3.05, 3.63) is 35.4 Å². The van der Waals surface area contributed by atoms with E-state index in [0.29, 0.717) is 12.6 Å². The molecule has 2 rings (SSSR count). The van der Waals surface area contributed by atoms with Crippen LogP contribution in [0.5, 0.6) is 0 Å². The molecule has 5 heteroatoms. The van der Waals surface area contributed by atoms with Gasteiger partial charge < -0.3 is 10.0 Å². The van der Waals surface area contributed by atoms with E-state index in [4.69, 9.17) is 0 Å². The van der Waals surface area contributed by atoms with Gasteiger partial charge in [0, 0.05) is 25.7 Å². The second-order valence-electron chi connectivity index (χ2n) is 5.75. The molecule has 1 fully saturated rings. The Labute approximate surface area is 118 Å². The van der Waals surface area contributed by atoms with E-state index >= 15 is 0 Å². The molecule has 0 aliphatic carbocycles. The number of rotatable bonds is 4. The molecule has 1 heterocycles. The van der Waals surface area contributed by atoms with Crippen molar-refractivity contribution in [1.29, 1.82) is 0 Å². The molecule has 3 nitrogen and oxygen atoms in total. The van der Waals surface area contributed by atoms with Gasteiger partial charge in [0.1, 0.15) is 0 Å². The van der Waals surface area contributed by atoms with E-state index in [-0.39, 0.29) is 12.5 Å². The third-order valence-corrected chi connectivity index (χ3v) is 4.09. The Morgan fingerprint density at radius 3 is 2.65 bits per heavy atom. The summed E-state index contributed by atoms with van der Waals surface area (Å²) in [6.45, 7) is 2.51. The maximum Gasteiger partial charge on any atom is 0.159 e. The Balaban J connectivity index is 2.01. The van der Waals surface area contributed by atoms with E-state index in [9.17, 15) is 13.9 Å². The van der Waals surface area contributed by atoms with Crippen LogP contribution in [0.2, 0.25) is 0 Å². The fourth-order valence-electron chi connectivity index (χ4n) is 2.88. The molecular weight excluding hydrogens is 262 g/mol. The summed E-state index contributed by atoms with van der Waals surface area (Å²) in [4.78, 5) is 4.35. The van der Waals surface area contributed by atoms with Crippen LogP contribution in [0.3, 0.4) is 0 Å². The number of likely N-dealkylation sites (tertiary alicyclic amines) is 1. The summed E-state index contributed by atoms with van der Waals surface area (Å²) in [7, 11) is 4.02. The number of hydrogen-bond acceptors (Lipinski definition) is 3. The topological polar surface area (TPSA) is 26.7 Å². The van der Waals surface area contributed by atoms with Crippen molar-refractivity contribution in [1.82, 2.24) is 9.80 Å². The number of benzene rings is 1. The van der Waals surface area contributed by atoms with Gasteiger partial charge in [0.2, 0.25) is 0 Å². The number of aliphatic hydroxyl groups excluding tert-OH is 1. The van der Waals surface area contributed by atoms with Crippen molar-refractivity contribution in [2.75, 3.05) is 33.8 Å². The number of likely N-dealkylation sites (N-methyl/N-ethyl adjacent to an activating group) is 1. The second kappa shape index (κ2) is 6.61. The monoisotopic (exact) mass is 284 g/mol. The molecule has 0 aromatic heterocycles. The zero-order valence-electron chi connectivity index (χ0n) is 12.0. The molecule has 2 atom stereocenters. The van der Waals surface area contributed by atoms with Gasteiger partial charge in [-0.2, -0.15) is 0 Å². The van der Waals surface area contributed by atoms with Gasteiger partial charge in [0.15, 0.2) is 11.6 Å². The normalized spacial score (nSPS) is 24.3. The summed E-state index contributed by atoms with van der Waals surface area (Å²) < 4.78 is 26.1. The smallest absolute Gasteiger partial charge is 0.159 e. The predicted molar refractivity (Wildman–Crippen MR) is 74.3 cm³/mol. The van der Waals surface area contributed by atoms with E-state index in [1.165, 1.54) is 12.1 Å². The van der Waals surface area contributed by atoms with Gasteiger partial charge in [-0.1, -0.05) is 6.07 Å². The van der Waals surface area contributed by atoms with E-state index in [1.807, 2.05) is 14.1 Å². The first-order valence-electron chi connectivity index (χ1n) is 6.95. The molecule has 1 aliphatic heterocycles. The standard InChI is InChI=1S/C15H22F2N2O/c1-18(2)15-9-19(6-5-12(15)10-20)8-11-3-4-13(16)14(17)7-11/h3-4,7,12,15,20H,5-6,8-10H2,1-2H3/t12-,15-/m1/s1. The lowest BCUT2D eigenvalue weighted by molar-refractivity contribution is 0.0460. The first kappa shape index (κ1) is 15.4. The molecule has 1 aromatic rings. The Kier molecular flexibility index (Phi) is 5.07. The van der Waals surface area contributed by atoms with Crippen LogP contribution in [0.4, 0.5) is 8.78 Å². The summed E-state index contributed by atoms with van der Waals surface area (Å²) >= 11 is 0. The van der Waals surface area contributed by atoms with Crippen LogP contribution in [0, 0.1) is 17.6 Å². The fraction of sp³-hybridized carbons (Fsp3) is 0.600. The molecule has 0 spiro atoms. The van der Waals surface area contributed by atoms with Crippen LogP contribution in [-0.4, -0.2) is 54.7 Å². The van der Waals surface area contributed by atoms with Crippen molar-refractivity contribution in [3.8, 4) is 0 Å². The lowest BCUT2D eigenvalue weighted by atomic mass is 9.91. The molecule has 1 N–H and O–H groups in total. The van der Waals surface area contributed by atoms with Crippen LogP contribution in [0.25, 0.3) is 0 Å². The van der Waals surface area contributed by atoms with Gasteiger partial charge in [0.05, 0.1) is 0 Å². The highest BCUT2D eigenvalue weighted by Gasteiger charge is 2.30. The number of nitrogens with zero attached hydrogens (tertiary/aromatic N) is 2. The van der Waals surface area contributed by atoms with Gasteiger partial charge in [-0.25, -0.2) is 8.78 Å². The highest BCUT2D eigenvalue weighted by atomic mass is 19.2. The van der Waals surface area contributed by atoms with Crippen molar-refractivity contribution < 1.29 is 13.9 Å². The first-order valence-corrected chi connectivity index (χ1v) is 6.95. The van der Waals surface area contributed by atoms with Crippen LogP contribution >= 0.6 is 0 Å². The Hall–Kier alpha value is -1.04. The average molecular weight is 284 g/mol. The maximum absolute atomic E-state index is 13.2. The zero-order valence-corrected chi connectivity index (χ0v) is 12.0. The van der Waals surface area contributed by atoms with Crippen LogP contribution < -0.4 is 0 Å². The summed E-state index contributed by atoms with van der Waals surface area (Å²) in [5, 5.41) is 9.42. The summed E-state index contributed by atoms with van der Waals surface area (Å²) in [6.07, 6.45) is 0.920. The summed E-state index contributed by atoms with van der Waals surface area (Å²) in [5.41, 5.74) is 0.781. The van der Waals surface area contributed by atoms with Gasteiger partial charge in [-0.05, 0) is 50.7 Å². The van der Waals surface area contributed by atoms with E-state index < -0.39 is 11.6 Å². The van der Waals surface area contributed by atoms with Crippen molar-refractivity contribution in [2.24, 2.45) is 5.92 Å². The highest BCUT2D eigenvalue weighted by molar-refractivity contribution is 5.17. The number of piperidine rings is 1. The summed E-state index contributed by atoms with van der Waals surface area (Å²) in [5.74, 6) is -1.32. The van der Waals surface area contributed by atoms with Crippen LogP contribution in [0.15, 0.2) is 18.2 Å². The van der Waals surface area contributed by atoms with Gasteiger partial charge >= 0.3 is 0 Å². The third kappa shape index (κ3) is 3.53. The van der Waals surface area contributed by atoms with Crippen molar-refractivity contribution in [3.63, 3.8) is 0 Å². The van der Waals surface area contributed by atoms with Gasteiger partial charge in [-0.15, -0.1) is 0 Å². The highest BCUT2D eigenvalue weighted by Crippen LogP contribution is 2.22. The Morgan fingerprint density at radius 2 is 2.05 bits per heavy atom. The lowest BCUT2D eigenvalue weighted by Gasteiger charge is -2.41. The molecule has 0 bridgehead atoms. The molecule has 0 saturated carbocycles. The summed E-state index contributed by atoms with van der Waals surface area (Å²) in [6, 6.07) is 4.35. The molecule has 20 heavy (non-hydrogen) atoms. The van der Waals surface area contributed by atoms with E-state index in [2.05, 4.69) is 9.80 Å². The van der Waals surface area contributed by atoms with Crippen LogP contribution in [0.1, 0.15) is 12.0 Å². The molecule has 0 unspecified atom stereocenters. The molecule has 112 valence electrons.